The van der Waals surface area contributed by atoms with Gasteiger partial charge in [0.15, 0.2) is 0 Å². The zero-order valence-corrected chi connectivity index (χ0v) is 17.9. The summed E-state index contributed by atoms with van der Waals surface area (Å²) in [5.41, 5.74) is 3.71. The summed E-state index contributed by atoms with van der Waals surface area (Å²) in [6.45, 7) is 1.37. The number of amides is 2. The molecule has 2 bridgehead atoms. The molecule has 0 spiro atoms. The summed E-state index contributed by atoms with van der Waals surface area (Å²) < 4.78 is -1.78. The molecule has 1 heterocycles. The highest BCUT2D eigenvalue weighted by atomic mass is 79.9. The van der Waals surface area contributed by atoms with Gasteiger partial charge in [0.25, 0.3) is 0 Å². The first-order valence-electron chi connectivity index (χ1n) is 8.93. The van der Waals surface area contributed by atoms with Crippen molar-refractivity contribution in [2.24, 2.45) is 11.8 Å². The molecule has 6 rings (SSSR count). The minimum atomic E-state index is -1.22. The average Bonchev–Trinajstić information content (AvgIpc) is 2.97. The second kappa shape index (κ2) is 5.54. The Bertz CT molecular complexity index is 960. The Morgan fingerprint density at radius 2 is 1.21 bits per heavy atom. The number of aliphatic carboxylic acids is 1. The molecule has 1 fully saturated rings. The van der Waals surface area contributed by atoms with Crippen LogP contribution in [0.2, 0.25) is 0 Å². The number of benzene rings is 2. The van der Waals surface area contributed by atoms with Crippen LogP contribution in [-0.4, -0.2) is 33.8 Å². The number of carbonyl (C=O) groups excluding carboxylic acids is 2. The van der Waals surface area contributed by atoms with Crippen LogP contribution in [0.5, 0.6) is 0 Å². The normalized spacial score (nSPS) is 33.3. The largest absolute Gasteiger partial charge is 0.480 e. The summed E-state index contributed by atoms with van der Waals surface area (Å²) in [5, 5.41) is 9.46. The number of nitrogens with zero attached hydrogens (tertiary/aromatic N) is 1. The van der Waals surface area contributed by atoms with E-state index in [0.29, 0.717) is 0 Å². The van der Waals surface area contributed by atoms with Gasteiger partial charge in [0.05, 0.1) is 20.5 Å². The van der Waals surface area contributed by atoms with E-state index in [4.69, 9.17) is 0 Å². The first-order chi connectivity index (χ1) is 13.3. The van der Waals surface area contributed by atoms with Gasteiger partial charge in [-0.15, -0.1) is 0 Å². The van der Waals surface area contributed by atoms with E-state index in [0.717, 1.165) is 27.2 Å². The zero-order valence-electron chi connectivity index (χ0n) is 14.7. The van der Waals surface area contributed by atoms with Crippen LogP contribution in [0.25, 0.3) is 0 Å². The molecular formula is C21H15Br2NO4. The smallest absolute Gasteiger partial charge is 0.326 e. The lowest BCUT2D eigenvalue weighted by Crippen LogP contribution is -2.56. The quantitative estimate of drug-likeness (QED) is 0.502. The van der Waals surface area contributed by atoms with E-state index in [1.807, 2.05) is 48.5 Å². The minimum Gasteiger partial charge on any atom is -0.480 e. The van der Waals surface area contributed by atoms with Gasteiger partial charge >= 0.3 is 5.97 Å². The molecule has 1 aliphatic heterocycles. The van der Waals surface area contributed by atoms with Gasteiger partial charge < -0.3 is 5.11 Å². The van der Waals surface area contributed by atoms with Crippen molar-refractivity contribution in [1.29, 1.82) is 0 Å². The van der Waals surface area contributed by atoms with Crippen LogP contribution in [0.3, 0.4) is 0 Å². The molecule has 0 saturated carbocycles. The Balaban J connectivity index is 1.86. The van der Waals surface area contributed by atoms with Crippen molar-refractivity contribution in [3.63, 3.8) is 0 Å². The monoisotopic (exact) mass is 503 g/mol. The van der Waals surface area contributed by atoms with Gasteiger partial charge in [-0.05, 0) is 29.2 Å². The second-order valence-corrected chi connectivity index (χ2v) is 10.0. The molecule has 4 aliphatic rings. The number of carboxylic acid groups (broad SMARTS) is 1. The maximum absolute atomic E-state index is 13.4. The number of hydrogen-bond donors (Lipinski definition) is 1. The summed E-state index contributed by atoms with van der Waals surface area (Å²) in [4.78, 5) is 39.4. The molecule has 2 aromatic carbocycles. The zero-order chi connectivity index (χ0) is 20.0. The molecule has 0 aromatic heterocycles. The Morgan fingerprint density at radius 1 is 0.893 bits per heavy atom. The van der Waals surface area contributed by atoms with E-state index in [2.05, 4.69) is 31.9 Å². The van der Waals surface area contributed by atoms with E-state index < -0.39 is 44.3 Å². The third kappa shape index (κ3) is 1.80. The third-order valence-corrected chi connectivity index (χ3v) is 9.06. The number of carboxylic acids is 1. The second-order valence-electron chi connectivity index (χ2n) is 7.53. The van der Waals surface area contributed by atoms with Crippen molar-refractivity contribution in [2.75, 3.05) is 0 Å². The van der Waals surface area contributed by atoms with Crippen LogP contribution in [0, 0.1) is 11.8 Å². The van der Waals surface area contributed by atoms with Gasteiger partial charge in [0, 0.05) is 0 Å². The summed E-state index contributed by atoms with van der Waals surface area (Å²) in [5.74, 6) is -3.56. The predicted molar refractivity (Wildman–Crippen MR) is 108 cm³/mol. The number of rotatable bonds is 2. The number of hydrogen-bond acceptors (Lipinski definition) is 3. The van der Waals surface area contributed by atoms with Crippen molar-refractivity contribution in [3.8, 4) is 0 Å². The van der Waals surface area contributed by atoms with Crippen LogP contribution >= 0.6 is 31.9 Å². The number of alkyl halides is 2. The van der Waals surface area contributed by atoms with Crippen molar-refractivity contribution in [1.82, 2.24) is 4.90 Å². The summed E-state index contributed by atoms with van der Waals surface area (Å²) in [6, 6.07) is 14.3. The van der Waals surface area contributed by atoms with Crippen LogP contribution in [0.4, 0.5) is 0 Å². The van der Waals surface area contributed by atoms with E-state index in [9.17, 15) is 19.5 Å². The van der Waals surface area contributed by atoms with Gasteiger partial charge in [-0.3, -0.25) is 14.5 Å². The van der Waals surface area contributed by atoms with Gasteiger partial charge in [0.1, 0.15) is 6.04 Å². The Morgan fingerprint density at radius 3 is 1.50 bits per heavy atom. The number of imide groups is 1. The molecule has 0 radical (unpaired) electrons. The maximum atomic E-state index is 13.4. The molecule has 3 aliphatic carbocycles. The van der Waals surface area contributed by atoms with Crippen molar-refractivity contribution in [2.45, 2.75) is 21.6 Å². The van der Waals surface area contributed by atoms with E-state index >= 15 is 0 Å². The molecule has 2 amide bonds. The molecule has 7 heteroatoms. The van der Waals surface area contributed by atoms with Crippen molar-refractivity contribution < 1.29 is 19.5 Å². The van der Waals surface area contributed by atoms with Gasteiger partial charge in [0.2, 0.25) is 11.8 Å². The molecule has 3 atom stereocenters. The van der Waals surface area contributed by atoms with E-state index in [1.54, 1.807) is 0 Å². The molecule has 28 heavy (non-hydrogen) atoms. The SMILES string of the molecule is C[C@H](C(=O)O)N1C(=O)[C@@H]2[C@H](C1=O)C1(Br)c3ccccc3C2(Br)c2ccccc21. The first-order valence-corrected chi connectivity index (χ1v) is 10.5. The highest BCUT2D eigenvalue weighted by Crippen LogP contribution is 2.70. The molecule has 5 nitrogen and oxygen atoms in total. The van der Waals surface area contributed by atoms with Crippen LogP contribution in [-0.2, 0) is 23.0 Å². The maximum Gasteiger partial charge on any atom is 0.326 e. The standard InChI is InChI=1S/C21H15Br2NO4/c1-10(19(27)28)24-17(25)15-16(18(24)26)21(23)12-7-3-2-6-11(12)20(15,22)13-8-4-5-9-14(13)21/h2-10,15-16H,1H3,(H,27,28)/t10-,15-,16+,20?,21?/m1/s1. The predicted octanol–water partition coefficient (Wildman–Crippen LogP) is 3.36. The van der Waals surface area contributed by atoms with Gasteiger partial charge in [-0.25, -0.2) is 4.79 Å². The molecule has 1 N–H and O–H groups in total. The molecule has 0 unspecified atom stereocenters. The average molecular weight is 505 g/mol. The Kier molecular flexibility index (Phi) is 3.57. The lowest BCUT2D eigenvalue weighted by molar-refractivity contribution is -0.154. The lowest BCUT2D eigenvalue weighted by atomic mass is 9.54. The first kappa shape index (κ1) is 18.1. The molecule has 142 valence electrons. The lowest BCUT2D eigenvalue weighted by Gasteiger charge is -2.55. The summed E-state index contributed by atoms with van der Waals surface area (Å²) in [6.07, 6.45) is 0. The highest BCUT2D eigenvalue weighted by Gasteiger charge is 2.73. The van der Waals surface area contributed by atoms with Crippen molar-refractivity contribution in [3.05, 3.63) is 70.8 Å². The fourth-order valence-corrected chi connectivity index (χ4v) is 7.48. The molecular weight excluding hydrogens is 490 g/mol. The van der Waals surface area contributed by atoms with E-state index in [1.165, 1.54) is 6.92 Å². The van der Waals surface area contributed by atoms with Crippen LogP contribution in [0.1, 0.15) is 29.2 Å². The fourth-order valence-electron chi connectivity index (χ4n) is 5.18. The van der Waals surface area contributed by atoms with Crippen LogP contribution < -0.4 is 0 Å². The van der Waals surface area contributed by atoms with Gasteiger partial charge in [-0.1, -0.05) is 80.4 Å². The minimum absolute atomic E-state index is 0.449. The topological polar surface area (TPSA) is 74.7 Å². The Labute approximate surface area is 178 Å². The summed E-state index contributed by atoms with van der Waals surface area (Å²) >= 11 is 7.75. The number of likely N-dealkylation sites (tertiary alicyclic amines) is 1. The molecule has 1 saturated heterocycles. The molecule has 2 aromatic rings. The number of carbonyl (C=O) groups is 3. The van der Waals surface area contributed by atoms with E-state index in [-0.39, 0.29) is 0 Å². The fraction of sp³-hybridized carbons (Fsp3) is 0.286. The van der Waals surface area contributed by atoms with Crippen LogP contribution in [0.15, 0.2) is 48.5 Å². The third-order valence-electron chi connectivity index (χ3n) is 6.36. The van der Waals surface area contributed by atoms with Gasteiger partial charge in [-0.2, -0.15) is 0 Å². The number of halogens is 2. The summed E-state index contributed by atoms with van der Waals surface area (Å²) in [7, 11) is 0. The van der Waals surface area contributed by atoms with Crippen molar-refractivity contribution >= 4 is 49.6 Å². The Hall–Kier alpha value is -1.99. The highest BCUT2D eigenvalue weighted by molar-refractivity contribution is 9.10.